The first kappa shape index (κ1) is 17.1. The molecule has 1 aliphatic rings. The van der Waals surface area contributed by atoms with Crippen LogP contribution in [0.15, 0.2) is 170 Å². The zero-order chi connectivity index (χ0) is 43.4. The molecular formula is C48H28O. The van der Waals surface area contributed by atoms with Crippen molar-refractivity contribution in [2.75, 3.05) is 0 Å². The van der Waals surface area contributed by atoms with Crippen LogP contribution in [0.3, 0.4) is 0 Å². The summed E-state index contributed by atoms with van der Waals surface area (Å²) in [6.07, 6.45) is 0. The average molecular weight is 634 g/mol. The summed E-state index contributed by atoms with van der Waals surface area (Å²) in [5.74, 6) is 1.49. The van der Waals surface area contributed by atoms with Crippen LogP contribution in [0.5, 0.6) is 11.5 Å². The lowest BCUT2D eigenvalue weighted by atomic mass is 9.86. The van der Waals surface area contributed by atoms with Gasteiger partial charge in [0.15, 0.2) is 0 Å². The van der Waals surface area contributed by atoms with Gasteiger partial charge in [-0.05, 0) is 100 Å². The zero-order valence-electron chi connectivity index (χ0n) is 38.6. The molecule has 226 valence electrons. The van der Waals surface area contributed by atoms with Gasteiger partial charge in [0.25, 0.3) is 0 Å². The summed E-state index contributed by atoms with van der Waals surface area (Å²) < 4.78 is 123. The third-order valence-electron chi connectivity index (χ3n) is 9.60. The Balaban J connectivity index is 1.20. The van der Waals surface area contributed by atoms with Crippen LogP contribution in [0, 0.1) is 0 Å². The van der Waals surface area contributed by atoms with Crippen molar-refractivity contribution in [2.24, 2.45) is 0 Å². The topological polar surface area (TPSA) is 9.23 Å². The van der Waals surface area contributed by atoms with E-state index in [1.54, 1.807) is 12.1 Å². The summed E-state index contributed by atoms with van der Waals surface area (Å²) in [4.78, 5) is 0. The lowest BCUT2D eigenvalue weighted by Crippen LogP contribution is -1.98. The van der Waals surface area contributed by atoms with Crippen molar-refractivity contribution in [3.05, 3.63) is 170 Å². The Hall–Kier alpha value is -6.44. The Kier molecular flexibility index (Phi) is 3.50. The second kappa shape index (κ2) is 10.0. The molecule has 1 heteroatoms. The molecule has 0 saturated carbocycles. The fraction of sp³-hybridized carbons (Fsp3) is 0. The predicted octanol–water partition coefficient (Wildman–Crippen LogP) is 13.7. The standard InChI is InChI=1S/C48H28O/c1-2-8-29(9-3-1)35-21-17-31-20-24-42-36(22-18-32-19-23-41(35)45(31)46(32)42)33-11-6-12-34(28-33)37-26-27-44-47-39(37)14-7-15-40(47)43-25-16-30-10-4-5-13-38(30)48(43)49-44/h1-28H/i1D,2D,3D,8D,9D,17D,18D,19D,20D,21D,22D,23D,24D. The van der Waals surface area contributed by atoms with Gasteiger partial charge in [0.05, 0.1) is 17.8 Å². The molecule has 0 unspecified atom stereocenters. The lowest BCUT2D eigenvalue weighted by molar-refractivity contribution is 0.493. The minimum absolute atomic E-state index is 0.0208. The van der Waals surface area contributed by atoms with Crippen LogP contribution in [0.25, 0.3) is 98.4 Å². The summed E-state index contributed by atoms with van der Waals surface area (Å²) in [5.41, 5.74) is 3.31. The smallest absolute Gasteiger partial charge is 0.143 e. The number of benzene rings is 10. The second-order valence-electron chi connectivity index (χ2n) is 12.2. The summed E-state index contributed by atoms with van der Waals surface area (Å²) in [6.45, 7) is 0. The van der Waals surface area contributed by atoms with Crippen LogP contribution >= 0.6 is 0 Å². The highest BCUT2D eigenvalue weighted by Crippen LogP contribution is 2.51. The van der Waals surface area contributed by atoms with E-state index in [9.17, 15) is 8.22 Å². The van der Waals surface area contributed by atoms with Crippen molar-refractivity contribution in [1.82, 2.24) is 0 Å². The average Bonchev–Trinajstić information content (AvgIpc) is 3.28. The van der Waals surface area contributed by atoms with Gasteiger partial charge in [-0.15, -0.1) is 0 Å². The number of rotatable bonds is 3. The molecule has 1 nitrogen and oxygen atoms in total. The molecule has 0 amide bonds. The Labute approximate surface area is 301 Å². The van der Waals surface area contributed by atoms with Crippen LogP contribution in [0.4, 0.5) is 0 Å². The van der Waals surface area contributed by atoms with E-state index in [0.717, 1.165) is 49.5 Å². The lowest BCUT2D eigenvalue weighted by Gasteiger charge is -2.24. The molecule has 1 aliphatic heterocycles. The molecule has 0 atom stereocenters. The van der Waals surface area contributed by atoms with Gasteiger partial charge >= 0.3 is 0 Å². The molecule has 0 fully saturated rings. The number of fused-ring (bicyclic) bond motifs is 4. The van der Waals surface area contributed by atoms with Gasteiger partial charge < -0.3 is 4.74 Å². The maximum absolute atomic E-state index is 9.43. The van der Waals surface area contributed by atoms with Crippen molar-refractivity contribution < 1.29 is 22.6 Å². The van der Waals surface area contributed by atoms with Gasteiger partial charge in [-0.3, -0.25) is 0 Å². The third kappa shape index (κ3) is 3.82. The Morgan fingerprint density at radius 1 is 0.367 bits per heavy atom. The molecule has 0 aliphatic carbocycles. The van der Waals surface area contributed by atoms with E-state index in [4.69, 9.17) is 14.3 Å². The molecule has 10 aromatic carbocycles. The van der Waals surface area contributed by atoms with E-state index in [1.165, 1.54) is 0 Å². The third-order valence-corrected chi connectivity index (χ3v) is 9.60. The first-order chi connectivity index (χ1) is 29.7. The van der Waals surface area contributed by atoms with Crippen LogP contribution in [0.2, 0.25) is 0 Å². The largest absolute Gasteiger partial charge is 0.455 e. The molecule has 1 heterocycles. The fourth-order valence-electron chi connectivity index (χ4n) is 7.42. The Morgan fingerprint density at radius 2 is 1.02 bits per heavy atom. The maximum Gasteiger partial charge on any atom is 0.143 e. The van der Waals surface area contributed by atoms with E-state index in [-0.39, 0.29) is 49.5 Å². The van der Waals surface area contributed by atoms with Gasteiger partial charge in [0, 0.05) is 16.3 Å². The summed E-state index contributed by atoms with van der Waals surface area (Å²) in [7, 11) is 0. The SMILES string of the molecule is [2H]c1c([2H])c([2H])c(-c2c([2H])c([2H])c3c([2H])c([2H])c4c(-c5cccc(-c6ccc7c8c(cccc68)-c6ccc8ccccc8c6O7)c5)c([2H])c([2H])c5c([2H])c([2H])c2c3c54)c([2H])c1[2H]. The quantitative estimate of drug-likeness (QED) is 0.176. The molecule has 0 N–H and O–H groups in total. The molecule has 10 aromatic rings. The van der Waals surface area contributed by atoms with E-state index in [0.29, 0.717) is 11.3 Å². The summed E-state index contributed by atoms with van der Waals surface area (Å²) in [5, 5.41) is 3.35. The number of hydrogen-bond donors (Lipinski definition) is 0. The molecule has 0 spiro atoms. The van der Waals surface area contributed by atoms with E-state index in [1.807, 2.05) is 60.7 Å². The minimum atomic E-state index is -0.693. The summed E-state index contributed by atoms with van der Waals surface area (Å²) in [6, 6.07) is 22.1. The summed E-state index contributed by atoms with van der Waals surface area (Å²) >= 11 is 0. The predicted molar refractivity (Wildman–Crippen MR) is 207 cm³/mol. The van der Waals surface area contributed by atoms with Crippen LogP contribution in [-0.4, -0.2) is 0 Å². The fourth-order valence-corrected chi connectivity index (χ4v) is 7.42. The highest BCUT2D eigenvalue weighted by atomic mass is 16.5. The van der Waals surface area contributed by atoms with Crippen LogP contribution < -0.4 is 4.74 Å². The van der Waals surface area contributed by atoms with E-state index in [2.05, 4.69) is 18.2 Å². The van der Waals surface area contributed by atoms with Crippen LogP contribution in [-0.2, 0) is 0 Å². The molecule has 0 radical (unpaired) electrons. The molecule has 0 bridgehead atoms. The zero-order valence-corrected chi connectivity index (χ0v) is 25.6. The monoisotopic (exact) mass is 633 g/mol. The first-order valence-corrected chi connectivity index (χ1v) is 15.9. The van der Waals surface area contributed by atoms with Gasteiger partial charge in [-0.2, -0.15) is 0 Å². The Bertz CT molecular complexity index is 3680. The highest BCUT2D eigenvalue weighted by molar-refractivity contribution is 6.27. The van der Waals surface area contributed by atoms with Gasteiger partial charge in [0.2, 0.25) is 0 Å². The second-order valence-corrected chi connectivity index (χ2v) is 12.2. The van der Waals surface area contributed by atoms with Gasteiger partial charge in [0.1, 0.15) is 11.5 Å². The normalized spacial score (nSPS) is 16.0. The Morgan fingerprint density at radius 3 is 1.82 bits per heavy atom. The highest BCUT2D eigenvalue weighted by Gasteiger charge is 2.23. The van der Waals surface area contributed by atoms with Gasteiger partial charge in [-0.1, -0.05) is 151 Å². The van der Waals surface area contributed by atoms with Crippen molar-refractivity contribution in [1.29, 1.82) is 0 Å². The number of ether oxygens (including phenoxy) is 1. The van der Waals surface area contributed by atoms with Crippen molar-refractivity contribution in [2.45, 2.75) is 0 Å². The molecular weight excluding hydrogens is 593 g/mol. The molecule has 11 rings (SSSR count). The van der Waals surface area contributed by atoms with E-state index < -0.39 is 78.1 Å². The van der Waals surface area contributed by atoms with Crippen molar-refractivity contribution in [3.8, 4) is 56.0 Å². The molecule has 0 saturated heterocycles. The first-order valence-electron chi connectivity index (χ1n) is 22.4. The van der Waals surface area contributed by atoms with Crippen molar-refractivity contribution in [3.63, 3.8) is 0 Å². The minimum Gasteiger partial charge on any atom is -0.455 e. The van der Waals surface area contributed by atoms with E-state index >= 15 is 0 Å². The van der Waals surface area contributed by atoms with Gasteiger partial charge in [-0.25, -0.2) is 0 Å². The number of hydrogen-bond acceptors (Lipinski definition) is 1. The molecule has 0 aromatic heterocycles. The van der Waals surface area contributed by atoms with Crippen molar-refractivity contribution >= 4 is 53.9 Å². The maximum atomic E-state index is 9.43. The molecule has 49 heavy (non-hydrogen) atoms. The van der Waals surface area contributed by atoms with Crippen LogP contribution in [0.1, 0.15) is 17.8 Å².